The Labute approximate surface area is 120 Å². The molecule has 4 unspecified atom stereocenters. The minimum atomic E-state index is -0.356. The van der Waals surface area contributed by atoms with Crippen molar-refractivity contribution in [1.82, 2.24) is 0 Å². The molecule has 1 N–H and O–H groups in total. The molecule has 16 heavy (non-hydrogen) atoms. The summed E-state index contributed by atoms with van der Waals surface area (Å²) in [5.41, 5.74) is 0. The molecule has 2 rings (SSSR count). The number of aliphatic hydroxyl groups excluding tert-OH is 1. The van der Waals surface area contributed by atoms with Crippen LogP contribution in [0.15, 0.2) is 12.7 Å². The van der Waals surface area contributed by atoms with Gasteiger partial charge in [0.15, 0.2) is 0 Å². The van der Waals surface area contributed by atoms with Gasteiger partial charge in [0.1, 0.15) is 0 Å². The third-order valence-electron chi connectivity index (χ3n) is 3.51. The molecule has 0 aromatic carbocycles. The summed E-state index contributed by atoms with van der Waals surface area (Å²) in [4.78, 5) is 11.0. The van der Waals surface area contributed by atoms with Crippen LogP contribution < -0.4 is 0 Å². The minimum absolute atomic E-state index is 0. The third kappa shape index (κ3) is 2.72. The standard InChI is InChI=1S/C12H16O3.U/c1-3-12(14)15-11-6-8-4-9(11)5-10(8)7(2)13;/h3,6,8-11,13H,1,4-5H2,2H3;/q-2;+2. The van der Waals surface area contributed by atoms with Crippen LogP contribution in [0.4, 0.5) is 0 Å². The summed E-state index contributed by atoms with van der Waals surface area (Å²) >= 11 is 0. The minimum Gasteiger partial charge on any atom is -0.563 e. The van der Waals surface area contributed by atoms with Gasteiger partial charge in [-0.1, -0.05) is 19.4 Å². The van der Waals surface area contributed by atoms with Crippen LogP contribution in [0, 0.1) is 61.4 Å². The molecule has 86 valence electrons. The molecule has 0 aromatic rings. The first-order valence-corrected chi connectivity index (χ1v) is 5.32. The van der Waals surface area contributed by atoms with E-state index < -0.39 is 0 Å². The smallest absolute Gasteiger partial charge is 0.563 e. The van der Waals surface area contributed by atoms with Crippen LogP contribution in [0.3, 0.4) is 0 Å². The Morgan fingerprint density at radius 2 is 2.31 bits per heavy atom. The second-order valence-corrected chi connectivity index (χ2v) is 4.44. The summed E-state index contributed by atoms with van der Waals surface area (Å²) in [7, 11) is 0. The first-order chi connectivity index (χ1) is 7.11. The van der Waals surface area contributed by atoms with Gasteiger partial charge in [0.25, 0.3) is 0 Å². The number of esters is 1. The summed E-state index contributed by atoms with van der Waals surface area (Å²) in [6.07, 6.45) is 5.64. The van der Waals surface area contributed by atoms with E-state index in [1.807, 2.05) is 0 Å². The zero-order chi connectivity index (χ0) is 11.0. The Morgan fingerprint density at radius 1 is 1.62 bits per heavy atom. The molecular formula is C12H16O3U. The molecule has 0 saturated heterocycles. The van der Waals surface area contributed by atoms with Crippen LogP contribution in [0.5, 0.6) is 0 Å². The summed E-state index contributed by atoms with van der Waals surface area (Å²) in [6.45, 7) is 5.13. The third-order valence-corrected chi connectivity index (χ3v) is 3.51. The topological polar surface area (TPSA) is 46.5 Å². The van der Waals surface area contributed by atoms with Crippen molar-refractivity contribution in [3.63, 3.8) is 0 Å². The van der Waals surface area contributed by atoms with Crippen LogP contribution in [-0.4, -0.2) is 17.2 Å². The number of carbonyl (C=O) groups is 1. The maximum absolute atomic E-state index is 11.0. The van der Waals surface area contributed by atoms with Crippen molar-refractivity contribution in [1.29, 1.82) is 0 Å². The van der Waals surface area contributed by atoms with Crippen LogP contribution in [0.25, 0.3) is 0 Å². The Hall–Kier alpha value is 0.222. The van der Waals surface area contributed by atoms with Gasteiger partial charge in [-0.05, 0) is 12.0 Å². The van der Waals surface area contributed by atoms with Crippen LogP contribution in [-0.2, 0) is 9.53 Å². The van der Waals surface area contributed by atoms with Gasteiger partial charge in [-0.2, -0.15) is 18.8 Å². The number of rotatable bonds is 3. The SMILES string of the molecule is C=CC(=O)OC1[CH-]C2CC1CC2[C-](C)O.[U+2]. The van der Waals surface area contributed by atoms with Gasteiger partial charge in [0.05, 0.1) is 0 Å². The normalized spacial score (nSPS) is 35.9. The molecule has 2 aliphatic carbocycles. The molecular weight excluding hydrogens is 430 g/mol. The summed E-state index contributed by atoms with van der Waals surface area (Å²) in [5.74, 6) is 0.673. The predicted molar refractivity (Wildman–Crippen MR) is 54.9 cm³/mol. The molecule has 0 amide bonds. The van der Waals surface area contributed by atoms with Crippen LogP contribution in [0.2, 0.25) is 0 Å². The van der Waals surface area contributed by atoms with Crippen molar-refractivity contribution < 1.29 is 45.8 Å². The second kappa shape index (κ2) is 5.71. The van der Waals surface area contributed by atoms with Crippen LogP contribution >= 0.6 is 0 Å². The van der Waals surface area contributed by atoms with Gasteiger partial charge < -0.3 is 9.84 Å². The molecule has 4 heteroatoms. The monoisotopic (exact) mass is 446 g/mol. The number of fused-ring (bicyclic) bond motifs is 2. The zero-order valence-electron chi connectivity index (χ0n) is 9.35. The number of ether oxygens (including phenoxy) is 1. The Balaban J connectivity index is 0.00000128. The quantitative estimate of drug-likeness (QED) is 0.409. The van der Waals surface area contributed by atoms with Crippen molar-refractivity contribution in [2.45, 2.75) is 25.9 Å². The van der Waals surface area contributed by atoms with Gasteiger partial charge in [0, 0.05) is 6.08 Å². The molecule has 2 bridgehead atoms. The first-order valence-electron chi connectivity index (χ1n) is 5.32. The van der Waals surface area contributed by atoms with Crippen molar-refractivity contribution in [2.24, 2.45) is 17.8 Å². The van der Waals surface area contributed by atoms with Crippen molar-refractivity contribution in [2.75, 3.05) is 0 Å². The predicted octanol–water partition coefficient (Wildman–Crippen LogP) is 1.87. The first kappa shape index (κ1) is 14.3. The molecule has 2 saturated carbocycles. The molecule has 0 aromatic heterocycles. The largest absolute Gasteiger partial charge is 2.00 e. The van der Waals surface area contributed by atoms with E-state index in [1.165, 1.54) is 6.08 Å². The molecule has 0 spiro atoms. The van der Waals surface area contributed by atoms with E-state index in [-0.39, 0.29) is 49.1 Å². The van der Waals surface area contributed by atoms with Crippen molar-refractivity contribution >= 4 is 5.97 Å². The summed E-state index contributed by atoms with van der Waals surface area (Å²) < 4.78 is 5.22. The van der Waals surface area contributed by atoms with Gasteiger partial charge in [-0.3, -0.25) is 6.42 Å². The van der Waals surface area contributed by atoms with E-state index in [9.17, 15) is 9.90 Å². The van der Waals surface area contributed by atoms with E-state index in [0.717, 1.165) is 12.8 Å². The van der Waals surface area contributed by atoms with Crippen LogP contribution in [0.1, 0.15) is 19.8 Å². The fourth-order valence-electron chi connectivity index (χ4n) is 2.79. The maximum atomic E-state index is 11.0. The molecule has 0 heterocycles. The fourth-order valence-corrected chi connectivity index (χ4v) is 2.79. The Bertz CT molecular complexity index is 277. The van der Waals surface area contributed by atoms with Gasteiger partial charge in [0.2, 0.25) is 0 Å². The summed E-state index contributed by atoms with van der Waals surface area (Å²) in [5, 5.41) is 9.46. The molecule has 4 atom stereocenters. The maximum Gasteiger partial charge on any atom is 2.00 e. The molecule has 2 aliphatic rings. The summed E-state index contributed by atoms with van der Waals surface area (Å²) in [6, 6.07) is 0. The Morgan fingerprint density at radius 3 is 2.75 bits per heavy atom. The average Bonchev–Trinajstić information content (AvgIpc) is 2.76. The molecule has 0 radical (unpaired) electrons. The number of hydrogen-bond acceptors (Lipinski definition) is 3. The number of carbonyl (C=O) groups excluding carboxylic acids is 1. The molecule has 2 fully saturated rings. The molecule has 3 nitrogen and oxygen atoms in total. The van der Waals surface area contributed by atoms with E-state index >= 15 is 0 Å². The number of hydrogen-bond donors (Lipinski definition) is 1. The number of aliphatic hydroxyl groups is 1. The van der Waals surface area contributed by atoms with Crippen molar-refractivity contribution in [3.8, 4) is 0 Å². The second-order valence-electron chi connectivity index (χ2n) is 4.44. The Kier molecular flexibility index (Phi) is 5.10. The van der Waals surface area contributed by atoms with E-state index in [0.29, 0.717) is 17.9 Å². The fraction of sp³-hybridized carbons (Fsp3) is 0.583. The zero-order valence-corrected chi connectivity index (χ0v) is 13.5. The molecule has 0 aliphatic heterocycles. The van der Waals surface area contributed by atoms with Crippen molar-refractivity contribution in [3.05, 3.63) is 25.2 Å². The van der Waals surface area contributed by atoms with Gasteiger partial charge >= 0.3 is 37.1 Å². The van der Waals surface area contributed by atoms with E-state index in [4.69, 9.17) is 4.74 Å². The van der Waals surface area contributed by atoms with E-state index in [1.54, 1.807) is 6.92 Å². The van der Waals surface area contributed by atoms with E-state index in [2.05, 4.69) is 13.0 Å². The average molecular weight is 446 g/mol. The van der Waals surface area contributed by atoms with Gasteiger partial charge in [-0.25, -0.2) is 10.9 Å². The van der Waals surface area contributed by atoms with Gasteiger partial charge in [-0.15, -0.1) is 0 Å².